The number of carbonyl (C=O) groups excluding carboxylic acids is 2. The van der Waals surface area contributed by atoms with Crippen LogP contribution in [0.1, 0.15) is 47.6 Å². The third-order valence-corrected chi connectivity index (χ3v) is 5.26. The monoisotopic (exact) mass is 435 g/mol. The second kappa shape index (κ2) is 10.6. The quantitative estimate of drug-likeness (QED) is 0.524. The first-order valence-corrected chi connectivity index (χ1v) is 10.7. The van der Waals surface area contributed by atoms with Crippen LogP contribution >= 0.6 is 0 Å². The van der Waals surface area contributed by atoms with E-state index in [0.717, 1.165) is 17.7 Å². The highest BCUT2D eigenvalue weighted by molar-refractivity contribution is 6.01. The largest absolute Gasteiger partial charge is 0.489 e. The van der Waals surface area contributed by atoms with Gasteiger partial charge in [-0.25, -0.2) is 0 Å². The van der Waals surface area contributed by atoms with Gasteiger partial charge in [0.1, 0.15) is 24.2 Å². The molecule has 2 amide bonds. The number of hydrogen-bond donors (Lipinski definition) is 1. The zero-order chi connectivity index (χ0) is 23.1. The highest BCUT2D eigenvalue weighted by atomic mass is 16.5. The van der Waals surface area contributed by atoms with E-state index >= 15 is 0 Å². The van der Waals surface area contributed by atoms with E-state index in [4.69, 9.17) is 9.26 Å². The third-order valence-electron chi connectivity index (χ3n) is 5.26. The van der Waals surface area contributed by atoms with Crippen molar-refractivity contribution in [3.05, 3.63) is 77.2 Å². The highest BCUT2D eigenvalue weighted by Gasteiger charge is 2.26. The molecule has 1 N–H and O–H groups in total. The predicted molar refractivity (Wildman–Crippen MR) is 123 cm³/mol. The Hall–Kier alpha value is -3.61. The molecule has 0 bridgehead atoms. The molecule has 32 heavy (non-hydrogen) atoms. The molecule has 0 aliphatic heterocycles. The number of nitrogens with zero attached hydrogens (tertiary/aromatic N) is 2. The molecule has 1 heterocycles. The zero-order valence-corrected chi connectivity index (χ0v) is 18.9. The van der Waals surface area contributed by atoms with Crippen LogP contribution < -0.4 is 10.1 Å². The van der Waals surface area contributed by atoms with Crippen molar-refractivity contribution in [2.45, 2.75) is 46.8 Å². The minimum Gasteiger partial charge on any atom is -0.489 e. The zero-order valence-electron chi connectivity index (χ0n) is 18.9. The lowest BCUT2D eigenvalue weighted by Crippen LogP contribution is -2.46. The van der Waals surface area contributed by atoms with Gasteiger partial charge in [-0.15, -0.1) is 0 Å². The van der Waals surface area contributed by atoms with Crippen molar-refractivity contribution in [3.8, 4) is 5.75 Å². The smallest absolute Gasteiger partial charge is 0.254 e. The van der Waals surface area contributed by atoms with E-state index in [9.17, 15) is 9.59 Å². The SMILES string of the molecule is CCCN(C(=O)c1cccc(OCc2c(C)noc2C)c1)C(C)C(=O)Nc1ccccc1. The van der Waals surface area contributed by atoms with E-state index in [1.54, 1.807) is 36.1 Å². The van der Waals surface area contributed by atoms with Crippen LogP contribution in [0.3, 0.4) is 0 Å². The van der Waals surface area contributed by atoms with Gasteiger partial charge in [0.2, 0.25) is 5.91 Å². The molecule has 0 spiro atoms. The molecule has 7 heteroatoms. The molecule has 0 radical (unpaired) electrons. The summed E-state index contributed by atoms with van der Waals surface area (Å²) in [4.78, 5) is 27.7. The fourth-order valence-electron chi connectivity index (χ4n) is 3.37. The van der Waals surface area contributed by atoms with Gasteiger partial charge in [-0.2, -0.15) is 0 Å². The van der Waals surface area contributed by atoms with Crippen molar-refractivity contribution in [2.24, 2.45) is 0 Å². The summed E-state index contributed by atoms with van der Waals surface area (Å²) in [7, 11) is 0. The normalized spacial score (nSPS) is 11.6. The number of carbonyl (C=O) groups is 2. The van der Waals surface area contributed by atoms with Gasteiger partial charge < -0.3 is 19.5 Å². The summed E-state index contributed by atoms with van der Waals surface area (Å²) in [6.07, 6.45) is 0.733. The molecule has 0 aliphatic rings. The number of benzene rings is 2. The van der Waals surface area contributed by atoms with Gasteiger partial charge in [-0.1, -0.05) is 36.3 Å². The van der Waals surface area contributed by atoms with Crippen molar-refractivity contribution < 1.29 is 18.8 Å². The van der Waals surface area contributed by atoms with Crippen molar-refractivity contribution >= 4 is 17.5 Å². The molecule has 0 saturated heterocycles. The molecule has 7 nitrogen and oxygen atoms in total. The molecule has 168 valence electrons. The van der Waals surface area contributed by atoms with E-state index < -0.39 is 6.04 Å². The van der Waals surface area contributed by atoms with Gasteiger partial charge in [0, 0.05) is 17.8 Å². The number of ether oxygens (including phenoxy) is 1. The maximum absolute atomic E-state index is 13.3. The van der Waals surface area contributed by atoms with E-state index in [1.807, 2.05) is 51.1 Å². The highest BCUT2D eigenvalue weighted by Crippen LogP contribution is 2.20. The molecule has 1 atom stereocenters. The fraction of sp³-hybridized carbons (Fsp3) is 0.320. The van der Waals surface area contributed by atoms with Crippen LogP contribution in [0.5, 0.6) is 5.75 Å². The Labute approximate surface area is 188 Å². The number of hydrogen-bond acceptors (Lipinski definition) is 5. The minimum absolute atomic E-state index is 0.217. The lowest BCUT2D eigenvalue weighted by molar-refractivity contribution is -0.120. The van der Waals surface area contributed by atoms with Crippen LogP contribution in [0.15, 0.2) is 59.1 Å². The van der Waals surface area contributed by atoms with E-state index in [0.29, 0.717) is 35.9 Å². The Bertz CT molecular complexity index is 1040. The summed E-state index contributed by atoms with van der Waals surface area (Å²) in [5.41, 5.74) is 2.83. The first-order chi connectivity index (χ1) is 15.4. The molecular weight excluding hydrogens is 406 g/mol. The lowest BCUT2D eigenvalue weighted by Gasteiger charge is -2.28. The van der Waals surface area contributed by atoms with Crippen LogP contribution in [0.4, 0.5) is 5.69 Å². The van der Waals surface area contributed by atoms with E-state index in [2.05, 4.69) is 10.5 Å². The van der Waals surface area contributed by atoms with Crippen LogP contribution in [-0.2, 0) is 11.4 Å². The van der Waals surface area contributed by atoms with E-state index in [-0.39, 0.29) is 11.8 Å². The number of para-hydroxylation sites is 1. The van der Waals surface area contributed by atoms with Gasteiger partial charge >= 0.3 is 0 Å². The van der Waals surface area contributed by atoms with Crippen molar-refractivity contribution in [2.75, 3.05) is 11.9 Å². The van der Waals surface area contributed by atoms with Gasteiger partial charge in [0.05, 0.1) is 11.3 Å². The van der Waals surface area contributed by atoms with Crippen LogP contribution in [0, 0.1) is 13.8 Å². The molecule has 3 rings (SSSR count). The third kappa shape index (κ3) is 5.55. The molecule has 1 aromatic heterocycles. The Kier molecular flexibility index (Phi) is 7.65. The summed E-state index contributed by atoms with van der Waals surface area (Å²) in [5, 5.41) is 6.80. The van der Waals surface area contributed by atoms with Crippen LogP contribution in [0.2, 0.25) is 0 Å². The molecule has 2 aromatic carbocycles. The van der Waals surface area contributed by atoms with Gasteiger partial charge in [0.25, 0.3) is 5.91 Å². The van der Waals surface area contributed by atoms with E-state index in [1.165, 1.54) is 0 Å². The average Bonchev–Trinajstić information content (AvgIpc) is 3.13. The minimum atomic E-state index is -0.630. The summed E-state index contributed by atoms with van der Waals surface area (Å²) in [6.45, 7) is 8.18. The molecule has 0 fully saturated rings. The summed E-state index contributed by atoms with van der Waals surface area (Å²) < 4.78 is 11.0. The Morgan fingerprint density at radius 1 is 1.12 bits per heavy atom. The topological polar surface area (TPSA) is 84.7 Å². The maximum atomic E-state index is 13.3. The molecule has 0 aliphatic carbocycles. The first kappa shape index (κ1) is 23.1. The van der Waals surface area contributed by atoms with Crippen molar-refractivity contribution in [1.29, 1.82) is 0 Å². The Balaban J connectivity index is 1.72. The van der Waals surface area contributed by atoms with Crippen LogP contribution in [0.25, 0.3) is 0 Å². The maximum Gasteiger partial charge on any atom is 0.254 e. The average molecular weight is 436 g/mol. The standard InChI is InChI=1S/C25H29N3O4/c1-5-14-28(18(3)24(29)26-21-11-7-6-8-12-21)25(30)20-10-9-13-22(15-20)31-16-23-17(2)27-32-19(23)4/h6-13,15,18H,5,14,16H2,1-4H3,(H,26,29). The van der Waals surface area contributed by atoms with Gasteiger partial charge in [-0.3, -0.25) is 9.59 Å². The number of aromatic nitrogens is 1. The second-order valence-corrected chi connectivity index (χ2v) is 7.65. The summed E-state index contributed by atoms with van der Waals surface area (Å²) in [5.74, 6) is 0.824. The second-order valence-electron chi connectivity index (χ2n) is 7.65. The number of nitrogens with one attached hydrogen (secondary N) is 1. The summed E-state index contributed by atoms with van der Waals surface area (Å²) in [6, 6.07) is 15.6. The summed E-state index contributed by atoms with van der Waals surface area (Å²) >= 11 is 0. The van der Waals surface area contributed by atoms with Gasteiger partial charge in [0.15, 0.2) is 0 Å². The molecular formula is C25H29N3O4. The van der Waals surface area contributed by atoms with Crippen molar-refractivity contribution in [3.63, 3.8) is 0 Å². The number of amides is 2. The predicted octanol–water partition coefficient (Wildman–Crippen LogP) is 4.75. The molecule has 0 saturated carbocycles. The Morgan fingerprint density at radius 3 is 2.53 bits per heavy atom. The number of anilines is 1. The fourth-order valence-corrected chi connectivity index (χ4v) is 3.37. The lowest BCUT2D eigenvalue weighted by atomic mass is 10.1. The van der Waals surface area contributed by atoms with Gasteiger partial charge in [-0.05, 0) is 57.5 Å². The molecule has 1 unspecified atom stereocenters. The number of rotatable bonds is 9. The Morgan fingerprint density at radius 2 is 1.88 bits per heavy atom. The molecule has 3 aromatic rings. The van der Waals surface area contributed by atoms with Crippen molar-refractivity contribution in [1.82, 2.24) is 10.1 Å². The first-order valence-electron chi connectivity index (χ1n) is 10.7. The number of aryl methyl sites for hydroxylation is 2. The van der Waals surface area contributed by atoms with Crippen LogP contribution in [-0.4, -0.2) is 34.5 Å².